The van der Waals surface area contributed by atoms with Crippen molar-refractivity contribution < 1.29 is 14.3 Å². The second-order valence-corrected chi connectivity index (χ2v) is 9.59. The molecular weight excluding hydrogens is 414 g/mol. The highest BCUT2D eigenvalue weighted by Crippen LogP contribution is 2.35. The largest absolute Gasteiger partial charge is 0.497 e. The first-order valence-electron chi connectivity index (χ1n) is 11.8. The first kappa shape index (κ1) is 21.6. The topological polar surface area (TPSA) is 63.6 Å². The van der Waals surface area contributed by atoms with Crippen LogP contribution in [0.1, 0.15) is 54.2 Å². The van der Waals surface area contributed by atoms with E-state index in [0.717, 1.165) is 53.5 Å². The molecule has 0 bridgehead atoms. The summed E-state index contributed by atoms with van der Waals surface area (Å²) in [6.07, 6.45) is 4.28. The van der Waals surface area contributed by atoms with Crippen molar-refractivity contribution in [2.45, 2.75) is 64.2 Å². The molecule has 2 heterocycles. The molecule has 1 N–H and O–H groups in total. The predicted octanol–water partition coefficient (Wildman–Crippen LogP) is 4.43. The lowest BCUT2D eigenvalue weighted by Gasteiger charge is -2.44. The Kier molecular flexibility index (Phi) is 5.39. The van der Waals surface area contributed by atoms with Crippen LogP contribution in [0.4, 0.5) is 0 Å². The number of nitrogens with zero attached hydrogens (tertiary/aromatic N) is 2. The molecule has 2 aromatic carbocycles. The monoisotopic (exact) mass is 445 g/mol. The number of nitrogens with one attached hydrogen (secondary N) is 1. The van der Waals surface area contributed by atoms with Gasteiger partial charge in [-0.25, -0.2) is 0 Å². The van der Waals surface area contributed by atoms with Crippen LogP contribution in [0.3, 0.4) is 0 Å². The van der Waals surface area contributed by atoms with Crippen LogP contribution in [0, 0.1) is 6.92 Å². The summed E-state index contributed by atoms with van der Waals surface area (Å²) in [5.41, 5.74) is 2.67. The van der Waals surface area contributed by atoms with Crippen molar-refractivity contribution in [1.82, 2.24) is 14.8 Å². The Bertz CT molecular complexity index is 1220. The zero-order valence-corrected chi connectivity index (χ0v) is 19.6. The molecule has 0 saturated heterocycles. The van der Waals surface area contributed by atoms with Gasteiger partial charge < -0.3 is 19.5 Å². The standard InChI is InChI=1S/C27H31N3O3/c1-18-8-4-5-9-20(18)16-30-25(31)24-14-19-12-13-22(33-3)15-23(19)29(24)17-27(30,2)26(32)28-21-10-6-7-11-21/h4-5,8-9,12-15,21H,6-7,10-11,16-17H2,1-3H3,(H,28,32). The van der Waals surface area contributed by atoms with Crippen molar-refractivity contribution in [2.24, 2.45) is 0 Å². The van der Waals surface area contributed by atoms with E-state index in [2.05, 4.69) is 5.32 Å². The zero-order chi connectivity index (χ0) is 23.2. The molecule has 3 aromatic rings. The quantitative estimate of drug-likeness (QED) is 0.632. The van der Waals surface area contributed by atoms with E-state index in [4.69, 9.17) is 4.74 Å². The molecule has 1 saturated carbocycles. The second kappa shape index (κ2) is 8.25. The van der Waals surface area contributed by atoms with Gasteiger partial charge >= 0.3 is 0 Å². The first-order valence-corrected chi connectivity index (χ1v) is 11.8. The minimum Gasteiger partial charge on any atom is -0.497 e. The summed E-state index contributed by atoms with van der Waals surface area (Å²) in [5, 5.41) is 4.23. The number of ether oxygens (including phenoxy) is 1. The SMILES string of the molecule is COc1ccc2cc3n(c2c1)CC(C)(C(=O)NC1CCCC1)N(Cc1ccccc1C)C3=O. The number of aromatic nitrogens is 1. The molecule has 2 aliphatic rings. The maximum absolute atomic E-state index is 13.9. The summed E-state index contributed by atoms with van der Waals surface area (Å²) in [6, 6.07) is 16.0. The van der Waals surface area contributed by atoms with Gasteiger partial charge in [-0.1, -0.05) is 37.1 Å². The van der Waals surface area contributed by atoms with Gasteiger partial charge in [0, 0.05) is 24.0 Å². The van der Waals surface area contributed by atoms with Gasteiger partial charge in [0.15, 0.2) is 0 Å². The van der Waals surface area contributed by atoms with E-state index in [1.807, 2.05) is 66.9 Å². The second-order valence-electron chi connectivity index (χ2n) is 9.59. The lowest BCUT2D eigenvalue weighted by Crippen LogP contribution is -2.64. The van der Waals surface area contributed by atoms with Gasteiger partial charge in [-0.2, -0.15) is 0 Å². The molecule has 1 aliphatic carbocycles. The molecule has 1 fully saturated rings. The highest BCUT2D eigenvalue weighted by molar-refractivity contribution is 6.03. The fourth-order valence-electron chi connectivity index (χ4n) is 5.27. The molecular formula is C27H31N3O3. The third kappa shape index (κ3) is 3.67. The molecule has 172 valence electrons. The van der Waals surface area contributed by atoms with Crippen molar-refractivity contribution in [2.75, 3.05) is 7.11 Å². The Morgan fingerprint density at radius 1 is 1.15 bits per heavy atom. The molecule has 1 unspecified atom stereocenters. The number of rotatable bonds is 5. The van der Waals surface area contributed by atoms with Crippen molar-refractivity contribution in [3.63, 3.8) is 0 Å². The van der Waals surface area contributed by atoms with Gasteiger partial charge in [0.2, 0.25) is 5.91 Å². The Labute approximate surface area is 194 Å². The normalized spacial score (nSPS) is 20.8. The Morgan fingerprint density at radius 3 is 2.64 bits per heavy atom. The number of methoxy groups -OCH3 is 1. The minimum atomic E-state index is -1.01. The first-order chi connectivity index (χ1) is 15.9. The fourth-order valence-corrected chi connectivity index (χ4v) is 5.27. The van der Waals surface area contributed by atoms with Crippen molar-refractivity contribution >= 4 is 22.7 Å². The third-order valence-electron chi connectivity index (χ3n) is 7.41. The van der Waals surface area contributed by atoms with Crippen LogP contribution < -0.4 is 10.1 Å². The Balaban J connectivity index is 1.60. The summed E-state index contributed by atoms with van der Waals surface area (Å²) in [5.74, 6) is 0.533. The molecule has 33 heavy (non-hydrogen) atoms. The van der Waals surface area contributed by atoms with Gasteiger partial charge in [-0.05, 0) is 56.0 Å². The lowest BCUT2D eigenvalue weighted by molar-refractivity contribution is -0.133. The number of hydrogen-bond acceptors (Lipinski definition) is 3. The predicted molar refractivity (Wildman–Crippen MR) is 128 cm³/mol. The molecule has 1 aliphatic heterocycles. The summed E-state index contributed by atoms with van der Waals surface area (Å²) in [6.45, 7) is 4.74. The Hall–Kier alpha value is -3.28. The molecule has 5 rings (SSSR count). The van der Waals surface area contributed by atoms with Crippen LogP contribution in [-0.2, 0) is 17.9 Å². The van der Waals surface area contributed by atoms with Crippen LogP contribution in [0.15, 0.2) is 48.5 Å². The van der Waals surface area contributed by atoms with Crippen molar-refractivity contribution in [3.05, 3.63) is 65.4 Å². The Morgan fingerprint density at radius 2 is 1.91 bits per heavy atom. The lowest BCUT2D eigenvalue weighted by atomic mass is 9.93. The van der Waals surface area contributed by atoms with Crippen LogP contribution in [0.5, 0.6) is 5.75 Å². The number of amides is 2. The van der Waals surface area contributed by atoms with E-state index in [0.29, 0.717) is 18.8 Å². The van der Waals surface area contributed by atoms with Gasteiger partial charge in [-0.3, -0.25) is 9.59 Å². The van der Waals surface area contributed by atoms with E-state index in [-0.39, 0.29) is 17.9 Å². The highest BCUT2D eigenvalue weighted by atomic mass is 16.5. The van der Waals surface area contributed by atoms with Gasteiger partial charge in [-0.15, -0.1) is 0 Å². The average molecular weight is 446 g/mol. The third-order valence-corrected chi connectivity index (χ3v) is 7.41. The maximum atomic E-state index is 13.9. The minimum absolute atomic E-state index is 0.0771. The van der Waals surface area contributed by atoms with E-state index in [1.54, 1.807) is 12.0 Å². The van der Waals surface area contributed by atoms with Crippen LogP contribution in [0.2, 0.25) is 0 Å². The smallest absolute Gasteiger partial charge is 0.271 e. The van der Waals surface area contributed by atoms with Gasteiger partial charge in [0.25, 0.3) is 5.91 Å². The molecule has 1 aromatic heterocycles. The van der Waals surface area contributed by atoms with Crippen molar-refractivity contribution in [3.8, 4) is 5.75 Å². The maximum Gasteiger partial charge on any atom is 0.271 e. The number of hydrogen-bond donors (Lipinski definition) is 1. The molecule has 0 spiro atoms. The number of carbonyl (C=O) groups is 2. The van der Waals surface area contributed by atoms with E-state index in [1.165, 1.54) is 0 Å². The molecule has 2 amide bonds. The van der Waals surface area contributed by atoms with Crippen LogP contribution >= 0.6 is 0 Å². The summed E-state index contributed by atoms with van der Waals surface area (Å²) in [4.78, 5) is 29.4. The van der Waals surface area contributed by atoms with E-state index in [9.17, 15) is 9.59 Å². The summed E-state index contributed by atoms with van der Waals surface area (Å²) < 4.78 is 7.41. The van der Waals surface area contributed by atoms with Crippen molar-refractivity contribution in [1.29, 1.82) is 0 Å². The highest BCUT2D eigenvalue weighted by Gasteiger charge is 2.48. The van der Waals surface area contributed by atoms with Gasteiger partial charge in [0.1, 0.15) is 17.0 Å². The average Bonchev–Trinajstić information content (AvgIpc) is 3.45. The summed E-state index contributed by atoms with van der Waals surface area (Å²) >= 11 is 0. The summed E-state index contributed by atoms with van der Waals surface area (Å²) in [7, 11) is 1.63. The number of carbonyl (C=O) groups excluding carboxylic acids is 2. The number of fused-ring (bicyclic) bond motifs is 3. The molecule has 6 heteroatoms. The van der Waals surface area contributed by atoms with Crippen LogP contribution in [0.25, 0.3) is 10.9 Å². The number of aryl methyl sites for hydroxylation is 1. The van der Waals surface area contributed by atoms with E-state index < -0.39 is 5.54 Å². The molecule has 1 atom stereocenters. The van der Waals surface area contributed by atoms with Crippen LogP contribution in [-0.4, -0.2) is 40.0 Å². The number of benzene rings is 2. The molecule has 6 nitrogen and oxygen atoms in total. The van der Waals surface area contributed by atoms with Gasteiger partial charge in [0.05, 0.1) is 19.2 Å². The fraction of sp³-hybridized carbons (Fsp3) is 0.407. The molecule has 0 radical (unpaired) electrons. The van der Waals surface area contributed by atoms with E-state index >= 15 is 0 Å². The zero-order valence-electron chi connectivity index (χ0n) is 19.6.